The first-order valence-corrected chi connectivity index (χ1v) is 6.13. The van der Waals surface area contributed by atoms with Gasteiger partial charge >= 0.3 is 0 Å². The summed E-state index contributed by atoms with van der Waals surface area (Å²) >= 11 is 0. The molecule has 0 aromatic heterocycles. The molecular weight excluding hydrogens is 224 g/mol. The highest BCUT2D eigenvalue weighted by Crippen LogP contribution is 2.48. The molecule has 1 aliphatic heterocycles. The first-order chi connectivity index (χ1) is 8.60. The highest BCUT2D eigenvalue weighted by Gasteiger charge is 2.52. The zero-order valence-corrected chi connectivity index (χ0v) is 10.7. The highest BCUT2D eigenvalue weighted by atomic mass is 16.6. The van der Waals surface area contributed by atoms with Crippen LogP contribution >= 0.6 is 0 Å². The second-order valence-electron chi connectivity index (χ2n) is 4.99. The monoisotopic (exact) mass is 240 g/mol. The molecular formula is C15H16N2O. The van der Waals surface area contributed by atoms with Crippen LogP contribution in [0.1, 0.15) is 30.9 Å². The lowest BCUT2D eigenvalue weighted by Gasteiger charge is -2.21. The van der Waals surface area contributed by atoms with Crippen LogP contribution in [0.25, 0.3) is 0 Å². The van der Waals surface area contributed by atoms with E-state index in [1.54, 1.807) is 0 Å². The molecule has 0 spiro atoms. The van der Waals surface area contributed by atoms with Gasteiger partial charge < -0.3 is 4.74 Å². The number of epoxide rings is 1. The minimum atomic E-state index is -0.944. The van der Waals surface area contributed by atoms with Crippen molar-refractivity contribution in [2.45, 2.75) is 32.3 Å². The maximum atomic E-state index is 9.24. The molecule has 1 heterocycles. The van der Waals surface area contributed by atoms with Crippen molar-refractivity contribution in [3.05, 3.63) is 35.4 Å². The summed E-state index contributed by atoms with van der Waals surface area (Å²) in [5.74, 6) is 0. The van der Waals surface area contributed by atoms with Crippen molar-refractivity contribution in [3.8, 4) is 12.1 Å². The SMILES string of the molecule is CCC(C#N)(C#N)CC1(c2cccc(C)c2)CO1. The molecule has 1 aliphatic rings. The third-order valence-corrected chi connectivity index (χ3v) is 3.66. The van der Waals surface area contributed by atoms with Crippen LogP contribution in [-0.2, 0) is 10.3 Å². The zero-order valence-electron chi connectivity index (χ0n) is 10.7. The van der Waals surface area contributed by atoms with Crippen LogP contribution in [0.2, 0.25) is 0 Å². The van der Waals surface area contributed by atoms with E-state index in [-0.39, 0.29) is 0 Å². The van der Waals surface area contributed by atoms with Crippen molar-refractivity contribution in [2.24, 2.45) is 5.41 Å². The van der Waals surface area contributed by atoms with Gasteiger partial charge in [-0.2, -0.15) is 10.5 Å². The average molecular weight is 240 g/mol. The van der Waals surface area contributed by atoms with Crippen LogP contribution < -0.4 is 0 Å². The summed E-state index contributed by atoms with van der Waals surface area (Å²) in [6, 6.07) is 12.4. The van der Waals surface area contributed by atoms with E-state index in [1.807, 2.05) is 32.0 Å². The molecule has 0 saturated carbocycles. The van der Waals surface area contributed by atoms with Gasteiger partial charge in [-0.1, -0.05) is 36.8 Å². The van der Waals surface area contributed by atoms with Gasteiger partial charge in [0, 0.05) is 6.42 Å². The molecule has 3 nitrogen and oxygen atoms in total. The fraction of sp³-hybridized carbons (Fsp3) is 0.467. The Bertz CT molecular complexity index is 518. The van der Waals surface area contributed by atoms with Gasteiger partial charge in [0.05, 0.1) is 18.7 Å². The summed E-state index contributed by atoms with van der Waals surface area (Å²) in [4.78, 5) is 0. The number of benzene rings is 1. The summed E-state index contributed by atoms with van der Waals surface area (Å²) in [5.41, 5.74) is 0.873. The van der Waals surface area contributed by atoms with E-state index < -0.39 is 11.0 Å². The minimum Gasteiger partial charge on any atom is -0.364 e. The molecule has 1 saturated heterocycles. The van der Waals surface area contributed by atoms with Gasteiger partial charge in [0.15, 0.2) is 0 Å². The Morgan fingerprint density at radius 3 is 2.50 bits per heavy atom. The lowest BCUT2D eigenvalue weighted by molar-refractivity contribution is 0.244. The summed E-state index contributed by atoms with van der Waals surface area (Å²) in [7, 11) is 0. The predicted octanol–water partition coefficient (Wildman–Crippen LogP) is 3.05. The Morgan fingerprint density at radius 2 is 2.06 bits per heavy atom. The molecule has 3 heteroatoms. The molecule has 0 amide bonds. The van der Waals surface area contributed by atoms with Gasteiger partial charge in [-0.05, 0) is 18.9 Å². The first-order valence-electron chi connectivity index (χ1n) is 6.13. The second kappa shape index (κ2) is 4.44. The number of ether oxygens (including phenoxy) is 1. The maximum Gasteiger partial charge on any atom is 0.146 e. The average Bonchev–Trinajstić information content (AvgIpc) is 3.17. The number of rotatable bonds is 4. The Kier molecular flexibility index (Phi) is 3.11. The topological polar surface area (TPSA) is 60.1 Å². The highest BCUT2D eigenvalue weighted by molar-refractivity contribution is 5.33. The maximum absolute atomic E-state index is 9.24. The molecule has 1 aromatic rings. The van der Waals surface area contributed by atoms with Gasteiger partial charge in [-0.25, -0.2) is 0 Å². The number of nitriles is 2. The largest absolute Gasteiger partial charge is 0.364 e. The van der Waals surface area contributed by atoms with Crippen molar-refractivity contribution < 1.29 is 4.74 Å². The number of nitrogens with zero attached hydrogens (tertiary/aromatic N) is 2. The summed E-state index contributed by atoms with van der Waals surface area (Å²) in [5, 5.41) is 18.5. The molecule has 0 aliphatic carbocycles. The van der Waals surface area contributed by atoms with Crippen LogP contribution in [0.4, 0.5) is 0 Å². The van der Waals surface area contributed by atoms with Crippen LogP contribution in [0, 0.1) is 35.0 Å². The van der Waals surface area contributed by atoms with Crippen molar-refractivity contribution >= 4 is 0 Å². The van der Waals surface area contributed by atoms with Crippen molar-refractivity contribution in [1.82, 2.24) is 0 Å². The lowest BCUT2D eigenvalue weighted by Crippen LogP contribution is -2.24. The summed E-state index contributed by atoms with van der Waals surface area (Å²) < 4.78 is 5.60. The van der Waals surface area contributed by atoms with Gasteiger partial charge in [0.1, 0.15) is 11.0 Å². The predicted molar refractivity (Wildman–Crippen MR) is 67.4 cm³/mol. The van der Waals surface area contributed by atoms with Crippen LogP contribution in [0.5, 0.6) is 0 Å². The molecule has 2 rings (SSSR count). The zero-order chi connectivity index (χ0) is 13.2. The fourth-order valence-electron chi connectivity index (χ4n) is 2.26. The summed E-state index contributed by atoms with van der Waals surface area (Å²) in [6.07, 6.45) is 0.976. The molecule has 0 N–H and O–H groups in total. The standard InChI is InChI=1S/C15H16N2O/c1-3-14(9-16,10-17)8-15(11-18-15)13-6-4-5-12(2)7-13/h4-7H,3,8,11H2,1-2H3. The third-order valence-electron chi connectivity index (χ3n) is 3.66. The van der Waals surface area contributed by atoms with Crippen LogP contribution in [0.15, 0.2) is 24.3 Å². The molecule has 1 unspecified atom stereocenters. The Morgan fingerprint density at radius 1 is 1.39 bits per heavy atom. The van der Waals surface area contributed by atoms with Gasteiger partial charge in [0.2, 0.25) is 0 Å². The van der Waals surface area contributed by atoms with Crippen molar-refractivity contribution in [2.75, 3.05) is 6.61 Å². The summed E-state index contributed by atoms with van der Waals surface area (Å²) in [6.45, 7) is 4.50. The smallest absolute Gasteiger partial charge is 0.146 e. The lowest BCUT2D eigenvalue weighted by atomic mass is 9.77. The molecule has 92 valence electrons. The Hall–Kier alpha value is -1.84. The minimum absolute atomic E-state index is 0.423. The van der Waals surface area contributed by atoms with Crippen molar-refractivity contribution in [3.63, 3.8) is 0 Å². The van der Waals surface area contributed by atoms with E-state index in [4.69, 9.17) is 4.74 Å². The molecule has 1 fully saturated rings. The first kappa shape index (κ1) is 12.6. The Balaban J connectivity index is 2.29. The number of hydrogen-bond donors (Lipinski definition) is 0. The fourth-order valence-corrected chi connectivity index (χ4v) is 2.26. The molecule has 18 heavy (non-hydrogen) atoms. The van der Waals surface area contributed by atoms with E-state index in [0.717, 1.165) is 5.56 Å². The number of hydrogen-bond acceptors (Lipinski definition) is 3. The second-order valence-corrected chi connectivity index (χ2v) is 4.99. The quantitative estimate of drug-likeness (QED) is 0.760. The molecule has 1 aromatic carbocycles. The van der Waals surface area contributed by atoms with Gasteiger partial charge in [-0.15, -0.1) is 0 Å². The normalized spacial score (nSPS) is 22.0. The Labute approximate surface area is 108 Å². The van der Waals surface area contributed by atoms with Gasteiger partial charge in [-0.3, -0.25) is 0 Å². The van der Waals surface area contributed by atoms with E-state index in [2.05, 4.69) is 18.2 Å². The van der Waals surface area contributed by atoms with E-state index in [0.29, 0.717) is 19.4 Å². The van der Waals surface area contributed by atoms with Crippen molar-refractivity contribution in [1.29, 1.82) is 10.5 Å². The molecule has 0 radical (unpaired) electrons. The van der Waals surface area contributed by atoms with Crippen LogP contribution in [-0.4, -0.2) is 6.61 Å². The van der Waals surface area contributed by atoms with E-state index in [1.165, 1.54) is 5.56 Å². The van der Waals surface area contributed by atoms with Crippen LogP contribution in [0.3, 0.4) is 0 Å². The third kappa shape index (κ3) is 2.10. The number of aryl methyl sites for hydroxylation is 1. The molecule has 1 atom stereocenters. The van der Waals surface area contributed by atoms with E-state index >= 15 is 0 Å². The van der Waals surface area contributed by atoms with E-state index in [9.17, 15) is 10.5 Å². The van der Waals surface area contributed by atoms with Gasteiger partial charge in [0.25, 0.3) is 0 Å². The molecule has 0 bridgehead atoms.